The Morgan fingerprint density at radius 2 is 1.81 bits per heavy atom. The van der Waals surface area contributed by atoms with Gasteiger partial charge in [-0.05, 0) is 25.3 Å². The molecule has 0 aliphatic rings. The lowest BCUT2D eigenvalue weighted by Crippen LogP contribution is -2.06. The molecule has 0 saturated carbocycles. The average molecular weight is 271 g/mol. The van der Waals surface area contributed by atoms with E-state index in [0.29, 0.717) is 19.8 Å². The molecule has 0 spiro atoms. The monoisotopic (exact) mass is 271 g/mol. The molecule has 8 heteroatoms. The summed E-state index contributed by atoms with van der Waals surface area (Å²) in [5, 5.41) is 0. The Bertz CT molecular complexity index is 193. The van der Waals surface area contributed by atoms with E-state index in [2.05, 4.69) is 13.8 Å². The summed E-state index contributed by atoms with van der Waals surface area (Å²) < 4.78 is 33.5. The van der Waals surface area contributed by atoms with Crippen molar-refractivity contribution in [2.75, 3.05) is 26.0 Å². The number of rotatable bonds is 7. The third-order valence-corrected chi connectivity index (χ3v) is 2.44. The van der Waals surface area contributed by atoms with E-state index >= 15 is 0 Å². The van der Waals surface area contributed by atoms with Gasteiger partial charge in [0.1, 0.15) is 0 Å². The van der Waals surface area contributed by atoms with Gasteiger partial charge < -0.3 is 4.74 Å². The van der Waals surface area contributed by atoms with Crippen LogP contribution >= 0.6 is 16.7 Å². The van der Waals surface area contributed by atoms with Crippen LogP contribution in [0.25, 0.3) is 0 Å². The number of esters is 1. The van der Waals surface area contributed by atoms with Crippen LogP contribution in [-0.2, 0) is 27.7 Å². The fraction of sp³-hybridized carbons (Fsp3) is 0.875. The summed E-state index contributed by atoms with van der Waals surface area (Å²) in [5.74, 6) is -0.470. The highest BCUT2D eigenvalue weighted by molar-refractivity contribution is 7.40. The summed E-state index contributed by atoms with van der Waals surface area (Å²) in [6.07, 6.45) is -0.142. The van der Waals surface area contributed by atoms with E-state index in [1.165, 1.54) is 0 Å². The van der Waals surface area contributed by atoms with Crippen molar-refractivity contribution < 1.29 is 27.7 Å². The summed E-state index contributed by atoms with van der Waals surface area (Å²) in [4.78, 5) is 10.6. The van der Waals surface area contributed by atoms with E-state index in [1.54, 1.807) is 20.8 Å². The van der Waals surface area contributed by atoms with Crippen LogP contribution in [0.5, 0.6) is 0 Å². The molecular formula is C8H17O6P2+. The van der Waals surface area contributed by atoms with E-state index in [0.717, 1.165) is 0 Å². The lowest BCUT2D eigenvalue weighted by atomic mass is 10.8. The van der Waals surface area contributed by atoms with Crippen LogP contribution in [0.1, 0.15) is 20.8 Å². The zero-order valence-corrected chi connectivity index (χ0v) is 11.5. The molecular weight excluding hydrogens is 254 g/mol. The minimum Gasteiger partial charge on any atom is -0.463 e. The molecule has 0 aromatic heterocycles. The standard InChI is InChI=1S/C6H12O4P.C2H5O2P/c1-3-9-6(7)5-11(8)10-4-2;1-2-4-5-3/h3-5H2,1-2H3;2H2,1H3/q+1;. The van der Waals surface area contributed by atoms with E-state index in [9.17, 15) is 13.9 Å². The molecule has 0 aromatic rings. The van der Waals surface area contributed by atoms with E-state index in [1.807, 2.05) is 0 Å². The molecule has 1 atom stereocenters. The van der Waals surface area contributed by atoms with E-state index in [4.69, 9.17) is 0 Å². The van der Waals surface area contributed by atoms with Gasteiger partial charge >= 0.3 is 22.7 Å². The fourth-order valence-electron chi connectivity index (χ4n) is 0.554. The van der Waals surface area contributed by atoms with Crippen molar-refractivity contribution in [3.8, 4) is 0 Å². The van der Waals surface area contributed by atoms with Crippen LogP contribution in [0.2, 0.25) is 0 Å². The molecule has 0 aliphatic carbocycles. The van der Waals surface area contributed by atoms with Crippen LogP contribution in [0, 0.1) is 0 Å². The summed E-state index contributed by atoms with van der Waals surface area (Å²) in [7, 11) is -2.08. The fourth-order valence-corrected chi connectivity index (χ4v) is 1.34. The smallest absolute Gasteiger partial charge is 0.463 e. The first-order chi connectivity index (χ1) is 7.62. The Balaban J connectivity index is 0. The number of carbonyl (C=O) groups is 1. The maximum atomic E-state index is 10.8. The van der Waals surface area contributed by atoms with Crippen molar-refractivity contribution >= 4 is 22.7 Å². The molecule has 0 heterocycles. The molecule has 0 bridgehead atoms. The van der Waals surface area contributed by atoms with Gasteiger partial charge in [-0.2, -0.15) is 0 Å². The van der Waals surface area contributed by atoms with Gasteiger partial charge in [-0.15, -0.1) is 4.52 Å². The van der Waals surface area contributed by atoms with Gasteiger partial charge in [-0.1, -0.05) is 0 Å². The van der Waals surface area contributed by atoms with Gasteiger partial charge in [0.05, 0.1) is 19.8 Å². The molecule has 0 saturated heterocycles. The molecule has 94 valence electrons. The Kier molecular flexibility index (Phi) is 16.4. The van der Waals surface area contributed by atoms with Gasteiger partial charge in [-0.25, -0.2) is 9.36 Å². The Labute approximate surface area is 97.8 Å². The molecule has 16 heavy (non-hydrogen) atoms. The van der Waals surface area contributed by atoms with Crippen molar-refractivity contribution in [1.29, 1.82) is 0 Å². The maximum Gasteiger partial charge on any atom is 0.520 e. The first kappa shape index (κ1) is 18.0. The molecule has 0 aromatic carbocycles. The molecule has 1 unspecified atom stereocenters. The molecule has 0 fully saturated rings. The normalized spacial score (nSPS) is 10.3. The van der Waals surface area contributed by atoms with Gasteiger partial charge in [0.2, 0.25) is 0 Å². The second kappa shape index (κ2) is 14.6. The highest BCUT2D eigenvalue weighted by Crippen LogP contribution is 2.20. The molecule has 0 N–H and O–H groups in total. The average Bonchev–Trinajstić information content (AvgIpc) is 2.20. The quantitative estimate of drug-likeness (QED) is 0.523. The van der Waals surface area contributed by atoms with Gasteiger partial charge in [-0.3, -0.25) is 4.52 Å². The van der Waals surface area contributed by atoms with Gasteiger partial charge in [0, 0.05) is 0 Å². The topological polar surface area (TPSA) is 78.9 Å². The Morgan fingerprint density at radius 1 is 1.19 bits per heavy atom. The largest absolute Gasteiger partial charge is 0.520 e. The van der Waals surface area contributed by atoms with E-state index in [-0.39, 0.29) is 14.8 Å². The highest BCUT2D eigenvalue weighted by atomic mass is 31.1. The third-order valence-electron chi connectivity index (χ3n) is 1.02. The van der Waals surface area contributed by atoms with Crippen molar-refractivity contribution in [2.45, 2.75) is 20.8 Å². The first-order valence-electron chi connectivity index (χ1n) is 4.80. The summed E-state index contributed by atoms with van der Waals surface area (Å²) in [6, 6.07) is 0. The number of hydrogen-bond acceptors (Lipinski definition) is 6. The van der Waals surface area contributed by atoms with Crippen molar-refractivity contribution in [3.05, 3.63) is 0 Å². The number of hydrogen-bond donors (Lipinski definition) is 0. The third kappa shape index (κ3) is 16.0. The summed E-state index contributed by atoms with van der Waals surface area (Å²) in [5.41, 5.74) is 0. The van der Waals surface area contributed by atoms with Crippen molar-refractivity contribution in [1.82, 2.24) is 0 Å². The van der Waals surface area contributed by atoms with Crippen molar-refractivity contribution in [3.63, 3.8) is 0 Å². The zero-order valence-electron chi connectivity index (χ0n) is 9.67. The Morgan fingerprint density at radius 3 is 2.12 bits per heavy atom. The minimum atomic E-state index is -1.86. The molecule has 0 amide bonds. The molecule has 0 aliphatic heterocycles. The first-order valence-corrected chi connectivity index (χ1v) is 6.89. The van der Waals surface area contributed by atoms with E-state index < -0.39 is 14.0 Å². The lowest BCUT2D eigenvalue weighted by molar-refractivity contribution is -0.140. The Hall–Kier alpha value is -0.410. The van der Waals surface area contributed by atoms with Crippen LogP contribution in [0.4, 0.5) is 0 Å². The van der Waals surface area contributed by atoms with Crippen LogP contribution in [0.3, 0.4) is 0 Å². The number of ether oxygens (including phenoxy) is 1. The van der Waals surface area contributed by atoms with Gasteiger partial charge in [0.15, 0.2) is 0 Å². The molecule has 0 rings (SSSR count). The summed E-state index contributed by atoms with van der Waals surface area (Å²) >= 11 is 0. The lowest BCUT2D eigenvalue weighted by Gasteiger charge is -1.92. The second-order valence-electron chi connectivity index (χ2n) is 2.21. The predicted octanol–water partition coefficient (Wildman–Crippen LogP) is 2.56. The maximum absolute atomic E-state index is 10.8. The van der Waals surface area contributed by atoms with Crippen LogP contribution in [0.15, 0.2) is 0 Å². The van der Waals surface area contributed by atoms with Gasteiger partial charge in [0.25, 0.3) is 6.16 Å². The SMILES string of the molecule is CCOC(=O)C[P+](=O)OCC.CCOP=O. The second-order valence-corrected chi connectivity index (χ2v) is 3.85. The van der Waals surface area contributed by atoms with Crippen LogP contribution < -0.4 is 0 Å². The number of carbonyl (C=O) groups excluding carboxylic acids is 1. The summed E-state index contributed by atoms with van der Waals surface area (Å²) in [6.45, 7) is 6.39. The molecule has 0 radical (unpaired) electrons. The van der Waals surface area contributed by atoms with Crippen molar-refractivity contribution in [2.24, 2.45) is 0 Å². The highest BCUT2D eigenvalue weighted by Gasteiger charge is 2.22. The molecule has 6 nitrogen and oxygen atoms in total. The minimum absolute atomic E-state index is 0.142. The van der Waals surface area contributed by atoms with Crippen LogP contribution in [-0.4, -0.2) is 32.0 Å². The zero-order chi connectivity index (χ0) is 12.8. The predicted molar refractivity (Wildman–Crippen MR) is 60.0 cm³/mol.